The van der Waals surface area contributed by atoms with Crippen molar-refractivity contribution in [2.45, 2.75) is 12.5 Å². The van der Waals surface area contributed by atoms with Crippen molar-refractivity contribution in [2.24, 2.45) is 5.73 Å². The van der Waals surface area contributed by atoms with Crippen LogP contribution in [0.4, 0.5) is 0 Å². The van der Waals surface area contributed by atoms with Gasteiger partial charge in [-0.15, -0.1) is 0 Å². The third kappa shape index (κ3) is 4.62. The summed E-state index contributed by atoms with van der Waals surface area (Å²) < 4.78 is 0.435. The molecule has 0 aromatic rings. The number of carboxylic acids is 1. The van der Waals surface area contributed by atoms with Gasteiger partial charge < -0.3 is 10.8 Å². The SMILES string of the molecule is NC(C[C](S)S)C(=O)O. The van der Waals surface area contributed by atoms with Crippen molar-refractivity contribution in [3.63, 3.8) is 0 Å². The minimum absolute atomic E-state index is 0.196. The molecule has 53 valence electrons. The van der Waals surface area contributed by atoms with Gasteiger partial charge in [0.25, 0.3) is 0 Å². The lowest BCUT2D eigenvalue weighted by atomic mass is 10.2. The monoisotopic (exact) mass is 166 g/mol. The highest BCUT2D eigenvalue weighted by atomic mass is 32.2. The zero-order chi connectivity index (χ0) is 7.44. The number of thiol groups is 2. The number of carbonyl (C=O) groups is 1. The number of hydrogen-bond donors (Lipinski definition) is 4. The van der Waals surface area contributed by atoms with Crippen molar-refractivity contribution >= 4 is 31.2 Å². The number of nitrogens with two attached hydrogens (primary N) is 1. The van der Waals surface area contributed by atoms with Crippen LogP contribution >= 0.6 is 25.3 Å². The molecule has 0 saturated carbocycles. The highest BCUT2D eigenvalue weighted by molar-refractivity contribution is 8.03. The number of rotatable bonds is 3. The van der Waals surface area contributed by atoms with Crippen LogP contribution in [0, 0.1) is 4.58 Å². The maximum absolute atomic E-state index is 10.0. The van der Waals surface area contributed by atoms with Gasteiger partial charge in [-0.25, -0.2) is 0 Å². The van der Waals surface area contributed by atoms with Crippen LogP contribution in [0.15, 0.2) is 0 Å². The van der Waals surface area contributed by atoms with Gasteiger partial charge in [0.15, 0.2) is 0 Å². The van der Waals surface area contributed by atoms with Crippen LogP contribution in [0.5, 0.6) is 0 Å². The molecule has 5 heteroatoms. The molecule has 3 N–H and O–H groups in total. The minimum atomic E-state index is -1.03. The fourth-order valence-corrected chi connectivity index (χ4v) is 0.677. The largest absolute Gasteiger partial charge is 0.480 e. The topological polar surface area (TPSA) is 63.3 Å². The Balaban J connectivity index is 3.50. The van der Waals surface area contributed by atoms with E-state index in [1.165, 1.54) is 0 Å². The Bertz CT molecular complexity index is 107. The smallest absolute Gasteiger partial charge is 0.320 e. The summed E-state index contributed by atoms with van der Waals surface area (Å²) >= 11 is 7.54. The molecular formula is C4H8NO2S2. The molecule has 3 nitrogen and oxygen atoms in total. The molecule has 0 saturated heterocycles. The molecule has 0 aromatic carbocycles. The Morgan fingerprint density at radius 3 is 2.22 bits per heavy atom. The van der Waals surface area contributed by atoms with E-state index < -0.39 is 12.0 Å². The normalized spacial score (nSPS) is 13.8. The summed E-state index contributed by atoms with van der Waals surface area (Å²) in [5.74, 6) is -1.03. The third-order valence-corrected chi connectivity index (χ3v) is 1.08. The van der Waals surface area contributed by atoms with Gasteiger partial charge in [-0.3, -0.25) is 4.79 Å². The highest BCUT2D eigenvalue weighted by Gasteiger charge is 2.13. The van der Waals surface area contributed by atoms with E-state index in [-0.39, 0.29) is 6.42 Å². The van der Waals surface area contributed by atoms with Gasteiger partial charge in [0.2, 0.25) is 0 Å². The van der Waals surface area contributed by atoms with Crippen LogP contribution in [-0.4, -0.2) is 17.1 Å². The van der Waals surface area contributed by atoms with E-state index in [1.54, 1.807) is 0 Å². The van der Waals surface area contributed by atoms with Gasteiger partial charge in [0.05, 0.1) is 4.58 Å². The standard InChI is InChI=1S/C4H8NO2S2/c5-2(4(6)7)1-3(8)9/h2,8-9H,1,5H2,(H,6,7). The number of hydrogen-bond acceptors (Lipinski definition) is 4. The average Bonchev–Trinajstić information content (AvgIpc) is 1.63. The first-order chi connectivity index (χ1) is 4.04. The average molecular weight is 166 g/mol. The van der Waals surface area contributed by atoms with Crippen LogP contribution in [0.3, 0.4) is 0 Å². The van der Waals surface area contributed by atoms with Crippen molar-refractivity contribution in [3.8, 4) is 0 Å². The van der Waals surface area contributed by atoms with Gasteiger partial charge in [0.1, 0.15) is 6.04 Å². The Labute approximate surface area is 64.4 Å². The second kappa shape index (κ2) is 4.03. The Morgan fingerprint density at radius 2 is 2.11 bits per heavy atom. The molecule has 0 aliphatic carbocycles. The highest BCUT2D eigenvalue weighted by Crippen LogP contribution is 2.16. The van der Waals surface area contributed by atoms with E-state index in [1.807, 2.05) is 0 Å². The maximum atomic E-state index is 10.0. The zero-order valence-corrected chi connectivity index (χ0v) is 6.40. The summed E-state index contributed by atoms with van der Waals surface area (Å²) in [6.45, 7) is 0. The molecule has 9 heavy (non-hydrogen) atoms. The van der Waals surface area contributed by atoms with Gasteiger partial charge in [-0.05, 0) is 6.42 Å². The predicted octanol–water partition coefficient (Wildman–Crippen LogP) is 0.137. The minimum Gasteiger partial charge on any atom is -0.480 e. The summed E-state index contributed by atoms with van der Waals surface area (Å²) in [6.07, 6.45) is 0.196. The van der Waals surface area contributed by atoms with Crippen LogP contribution in [0.2, 0.25) is 0 Å². The fraction of sp³-hybridized carbons (Fsp3) is 0.500. The predicted molar refractivity (Wildman–Crippen MR) is 41.4 cm³/mol. The molecule has 0 spiro atoms. The molecular weight excluding hydrogens is 158 g/mol. The molecule has 0 aromatic heterocycles. The Hall–Kier alpha value is 0.130. The van der Waals surface area contributed by atoms with E-state index >= 15 is 0 Å². The van der Waals surface area contributed by atoms with E-state index in [2.05, 4.69) is 25.3 Å². The number of aliphatic carboxylic acids is 1. The first-order valence-corrected chi connectivity index (χ1v) is 3.15. The lowest BCUT2D eigenvalue weighted by Crippen LogP contribution is -2.30. The van der Waals surface area contributed by atoms with E-state index in [9.17, 15) is 4.79 Å². The van der Waals surface area contributed by atoms with Gasteiger partial charge in [-0.2, -0.15) is 25.3 Å². The van der Waals surface area contributed by atoms with Crippen LogP contribution in [0.25, 0.3) is 0 Å². The van der Waals surface area contributed by atoms with Crippen LogP contribution in [-0.2, 0) is 4.79 Å². The zero-order valence-electron chi connectivity index (χ0n) is 4.61. The summed E-state index contributed by atoms with van der Waals surface area (Å²) in [5, 5.41) is 8.22. The van der Waals surface area contributed by atoms with Gasteiger partial charge in [0, 0.05) is 0 Å². The molecule has 0 amide bonds. The lowest BCUT2D eigenvalue weighted by Gasteiger charge is -2.05. The van der Waals surface area contributed by atoms with Crippen molar-refractivity contribution < 1.29 is 9.90 Å². The van der Waals surface area contributed by atoms with Crippen molar-refractivity contribution in [2.75, 3.05) is 0 Å². The molecule has 1 radical (unpaired) electrons. The van der Waals surface area contributed by atoms with Crippen molar-refractivity contribution in [1.29, 1.82) is 0 Å². The maximum Gasteiger partial charge on any atom is 0.320 e. The Kier molecular flexibility index (Phi) is 4.09. The molecule has 0 heterocycles. The van der Waals surface area contributed by atoms with Gasteiger partial charge >= 0.3 is 5.97 Å². The third-order valence-electron chi connectivity index (χ3n) is 0.720. The summed E-state index contributed by atoms with van der Waals surface area (Å²) in [4.78, 5) is 10.0. The molecule has 0 bridgehead atoms. The summed E-state index contributed by atoms with van der Waals surface area (Å²) in [7, 11) is 0. The van der Waals surface area contributed by atoms with E-state index in [4.69, 9.17) is 10.8 Å². The molecule has 1 atom stereocenters. The molecule has 0 aliphatic rings. The summed E-state index contributed by atoms with van der Waals surface area (Å²) in [6, 6.07) is -0.880. The molecule has 0 rings (SSSR count). The Morgan fingerprint density at radius 1 is 1.67 bits per heavy atom. The summed E-state index contributed by atoms with van der Waals surface area (Å²) in [5.41, 5.74) is 5.10. The first kappa shape index (κ1) is 9.13. The fourth-order valence-electron chi connectivity index (χ4n) is 0.284. The quantitative estimate of drug-likeness (QED) is 0.451. The van der Waals surface area contributed by atoms with E-state index in [0.717, 1.165) is 0 Å². The van der Waals surface area contributed by atoms with Crippen LogP contribution in [0.1, 0.15) is 6.42 Å². The van der Waals surface area contributed by atoms with Crippen molar-refractivity contribution in [3.05, 3.63) is 4.58 Å². The first-order valence-electron chi connectivity index (χ1n) is 2.26. The molecule has 1 unspecified atom stereocenters. The van der Waals surface area contributed by atoms with Gasteiger partial charge in [-0.1, -0.05) is 0 Å². The second-order valence-corrected chi connectivity index (χ2v) is 3.00. The van der Waals surface area contributed by atoms with Crippen molar-refractivity contribution in [1.82, 2.24) is 0 Å². The lowest BCUT2D eigenvalue weighted by molar-refractivity contribution is -0.138. The second-order valence-electron chi connectivity index (χ2n) is 1.57. The molecule has 0 aliphatic heterocycles. The van der Waals surface area contributed by atoms with Crippen LogP contribution < -0.4 is 5.73 Å². The number of carboxylic acid groups (broad SMARTS) is 1. The van der Waals surface area contributed by atoms with E-state index in [0.29, 0.717) is 4.58 Å². The molecule has 0 fully saturated rings.